The van der Waals surface area contributed by atoms with Crippen molar-refractivity contribution in [1.29, 1.82) is 0 Å². The molecule has 0 aliphatic carbocycles. The topological polar surface area (TPSA) is 64.8 Å². The van der Waals surface area contributed by atoms with Crippen LogP contribution in [-0.4, -0.2) is 29.4 Å². The second kappa shape index (κ2) is 5.24. The summed E-state index contributed by atoms with van der Waals surface area (Å²) in [6.07, 6.45) is -2.46. The maximum Gasteiger partial charge on any atom is 0.418 e. The normalized spacial score (nSPS) is 12.7. The SMILES string of the molecule is Cc1nc(-n2ncc(S(C)(=O)=O)c2C)c(Cl)cc1C(F)(F)F. The highest BCUT2D eigenvalue weighted by molar-refractivity contribution is 7.90. The Morgan fingerprint density at radius 3 is 2.32 bits per heavy atom. The monoisotopic (exact) mass is 353 g/mol. The minimum atomic E-state index is -4.57. The molecule has 0 aliphatic heterocycles. The maximum absolute atomic E-state index is 12.8. The first-order chi connectivity index (χ1) is 9.93. The van der Waals surface area contributed by atoms with E-state index in [9.17, 15) is 21.6 Å². The van der Waals surface area contributed by atoms with Crippen LogP contribution in [0.15, 0.2) is 17.2 Å². The Labute approximate surface area is 129 Å². The van der Waals surface area contributed by atoms with Crippen LogP contribution in [-0.2, 0) is 16.0 Å². The molecule has 5 nitrogen and oxygen atoms in total. The van der Waals surface area contributed by atoms with Gasteiger partial charge in [-0.3, -0.25) is 0 Å². The van der Waals surface area contributed by atoms with Crippen LogP contribution in [0.2, 0.25) is 5.02 Å². The van der Waals surface area contributed by atoms with E-state index in [-0.39, 0.29) is 27.1 Å². The van der Waals surface area contributed by atoms with Gasteiger partial charge >= 0.3 is 6.18 Å². The number of hydrogen-bond acceptors (Lipinski definition) is 4. The molecule has 2 rings (SSSR count). The van der Waals surface area contributed by atoms with Crippen LogP contribution in [0.5, 0.6) is 0 Å². The highest BCUT2D eigenvalue weighted by Crippen LogP contribution is 2.34. The van der Waals surface area contributed by atoms with Crippen molar-refractivity contribution in [3.63, 3.8) is 0 Å². The summed E-state index contributed by atoms with van der Waals surface area (Å²) in [4.78, 5) is 3.78. The third-order valence-electron chi connectivity index (χ3n) is 3.02. The maximum atomic E-state index is 12.8. The number of alkyl halides is 3. The van der Waals surface area contributed by atoms with Gasteiger partial charge < -0.3 is 0 Å². The summed E-state index contributed by atoms with van der Waals surface area (Å²) >= 11 is 5.86. The summed E-state index contributed by atoms with van der Waals surface area (Å²) in [5.74, 6) is -0.0560. The molecule has 10 heteroatoms. The van der Waals surface area contributed by atoms with Crippen molar-refractivity contribution >= 4 is 21.4 Å². The molecule has 0 bridgehead atoms. The van der Waals surface area contributed by atoms with Crippen molar-refractivity contribution in [3.8, 4) is 5.82 Å². The predicted octanol–water partition coefficient (Wildman–Crippen LogP) is 2.96. The third kappa shape index (κ3) is 2.95. The predicted molar refractivity (Wildman–Crippen MR) is 74.0 cm³/mol. The van der Waals surface area contributed by atoms with Crippen molar-refractivity contribution in [2.75, 3.05) is 6.26 Å². The fraction of sp³-hybridized carbons (Fsp3) is 0.333. The van der Waals surface area contributed by atoms with Crippen LogP contribution in [0.4, 0.5) is 13.2 Å². The van der Waals surface area contributed by atoms with Crippen molar-refractivity contribution in [1.82, 2.24) is 14.8 Å². The van der Waals surface area contributed by atoms with Gasteiger partial charge in [-0.15, -0.1) is 0 Å². The van der Waals surface area contributed by atoms with Crippen LogP contribution in [0.25, 0.3) is 5.82 Å². The molecule has 0 radical (unpaired) electrons. The zero-order valence-electron chi connectivity index (χ0n) is 11.7. The lowest BCUT2D eigenvalue weighted by Crippen LogP contribution is -2.12. The molecule has 0 aromatic carbocycles. The Kier molecular flexibility index (Phi) is 3.99. The average molecular weight is 354 g/mol. The van der Waals surface area contributed by atoms with Gasteiger partial charge in [0.1, 0.15) is 4.90 Å². The number of halogens is 4. The van der Waals surface area contributed by atoms with Crippen LogP contribution >= 0.6 is 11.6 Å². The molecule has 0 amide bonds. The van der Waals surface area contributed by atoms with E-state index < -0.39 is 21.6 Å². The standard InChI is InChI=1S/C12H11ClF3N3O2S/c1-6-8(12(14,15)16)4-9(13)11(18-6)19-7(2)10(5-17-19)22(3,20)21/h4-5H,1-3H3. The van der Waals surface area contributed by atoms with Crippen LogP contribution in [0.3, 0.4) is 0 Å². The molecule has 2 aromatic heterocycles. The number of aryl methyl sites for hydroxylation is 1. The van der Waals surface area contributed by atoms with Gasteiger partial charge in [-0.25, -0.2) is 18.1 Å². The number of aromatic nitrogens is 3. The fourth-order valence-electron chi connectivity index (χ4n) is 1.98. The molecule has 0 spiro atoms. The third-order valence-corrected chi connectivity index (χ3v) is 4.50. The summed E-state index contributed by atoms with van der Waals surface area (Å²) in [5, 5.41) is 3.58. The molecule has 0 saturated carbocycles. The summed E-state index contributed by atoms with van der Waals surface area (Å²) in [6.45, 7) is 2.66. The summed E-state index contributed by atoms with van der Waals surface area (Å²) in [6, 6.07) is 0.750. The summed E-state index contributed by atoms with van der Waals surface area (Å²) in [7, 11) is -3.51. The minimum Gasteiger partial charge on any atom is -0.232 e. The van der Waals surface area contributed by atoms with Gasteiger partial charge in [0.25, 0.3) is 0 Å². The van der Waals surface area contributed by atoms with E-state index in [0.717, 1.165) is 23.2 Å². The molecule has 0 N–H and O–H groups in total. The zero-order valence-corrected chi connectivity index (χ0v) is 13.3. The lowest BCUT2D eigenvalue weighted by molar-refractivity contribution is -0.138. The minimum absolute atomic E-state index is 0.0390. The largest absolute Gasteiger partial charge is 0.418 e. The Hall–Kier alpha value is -1.61. The molecule has 120 valence electrons. The lowest BCUT2D eigenvalue weighted by Gasteiger charge is -2.13. The second-order valence-electron chi connectivity index (χ2n) is 4.70. The Morgan fingerprint density at radius 1 is 1.27 bits per heavy atom. The van der Waals surface area contributed by atoms with Gasteiger partial charge in [0.15, 0.2) is 15.7 Å². The van der Waals surface area contributed by atoms with E-state index >= 15 is 0 Å². The second-order valence-corrected chi connectivity index (χ2v) is 7.09. The van der Waals surface area contributed by atoms with Crippen molar-refractivity contribution < 1.29 is 21.6 Å². The molecular formula is C12H11ClF3N3O2S. The quantitative estimate of drug-likeness (QED) is 0.832. The van der Waals surface area contributed by atoms with E-state index in [1.54, 1.807) is 0 Å². The fourth-order valence-corrected chi connectivity index (χ4v) is 3.07. The Balaban J connectivity index is 2.66. The average Bonchev–Trinajstić information content (AvgIpc) is 2.72. The molecule has 22 heavy (non-hydrogen) atoms. The van der Waals surface area contributed by atoms with Gasteiger partial charge in [-0.05, 0) is 19.9 Å². The first kappa shape index (κ1) is 16.8. The highest BCUT2D eigenvalue weighted by Gasteiger charge is 2.34. The van der Waals surface area contributed by atoms with Gasteiger partial charge in [0.2, 0.25) is 0 Å². The van der Waals surface area contributed by atoms with Gasteiger partial charge in [-0.2, -0.15) is 18.3 Å². The first-order valence-electron chi connectivity index (χ1n) is 5.92. The highest BCUT2D eigenvalue weighted by atomic mass is 35.5. The smallest absolute Gasteiger partial charge is 0.232 e. The molecule has 2 heterocycles. The van der Waals surface area contributed by atoms with Crippen LogP contribution < -0.4 is 0 Å². The van der Waals surface area contributed by atoms with E-state index in [1.807, 2.05) is 0 Å². The van der Waals surface area contributed by atoms with Crippen molar-refractivity contribution in [3.05, 3.63) is 34.2 Å². The van der Waals surface area contributed by atoms with Crippen LogP contribution in [0, 0.1) is 13.8 Å². The molecule has 2 aromatic rings. The molecule has 0 saturated heterocycles. The summed E-state index contributed by atoms with van der Waals surface area (Å²) in [5.41, 5.74) is -1.01. The lowest BCUT2D eigenvalue weighted by atomic mass is 10.2. The van der Waals surface area contributed by atoms with E-state index in [2.05, 4.69) is 10.1 Å². The van der Waals surface area contributed by atoms with E-state index in [4.69, 9.17) is 11.6 Å². The molecule has 0 fully saturated rings. The molecule has 0 aliphatic rings. The number of hydrogen-bond donors (Lipinski definition) is 0. The number of nitrogens with zero attached hydrogens (tertiary/aromatic N) is 3. The van der Waals surface area contributed by atoms with Crippen LogP contribution in [0.1, 0.15) is 17.0 Å². The number of pyridine rings is 1. The Morgan fingerprint density at radius 2 is 1.86 bits per heavy atom. The molecule has 0 atom stereocenters. The van der Waals surface area contributed by atoms with Gasteiger partial charge in [0.05, 0.1) is 28.2 Å². The zero-order chi connectivity index (χ0) is 16.9. The Bertz CT molecular complexity index is 844. The molecular weight excluding hydrogens is 343 g/mol. The number of rotatable bonds is 2. The summed E-state index contributed by atoms with van der Waals surface area (Å²) < 4.78 is 62.7. The molecule has 0 unspecified atom stereocenters. The van der Waals surface area contributed by atoms with Gasteiger partial charge in [-0.1, -0.05) is 11.6 Å². The van der Waals surface area contributed by atoms with Crippen molar-refractivity contribution in [2.24, 2.45) is 0 Å². The van der Waals surface area contributed by atoms with E-state index in [1.165, 1.54) is 13.8 Å². The van der Waals surface area contributed by atoms with Crippen molar-refractivity contribution in [2.45, 2.75) is 24.9 Å². The van der Waals surface area contributed by atoms with Gasteiger partial charge in [0, 0.05) is 6.26 Å². The first-order valence-corrected chi connectivity index (χ1v) is 8.19. The number of sulfone groups is 1. The van der Waals surface area contributed by atoms with E-state index in [0.29, 0.717) is 0 Å².